The van der Waals surface area contributed by atoms with Crippen LogP contribution in [-0.4, -0.2) is 31.0 Å². The number of hydrogen-bond donors (Lipinski definition) is 2. The van der Waals surface area contributed by atoms with E-state index < -0.39 is 6.04 Å². The Kier molecular flexibility index (Phi) is 4.51. The zero-order valence-corrected chi connectivity index (χ0v) is 16.4. The Bertz CT molecular complexity index is 1180. The summed E-state index contributed by atoms with van der Waals surface area (Å²) in [5.41, 5.74) is 4.53. The van der Waals surface area contributed by atoms with E-state index in [1.54, 1.807) is 11.2 Å². The number of hydrogen-bond acceptors (Lipinski definition) is 5. The number of carbonyl (C=O) groups excluding carboxylic acids is 1. The van der Waals surface area contributed by atoms with Crippen molar-refractivity contribution in [3.8, 4) is 11.4 Å². The quantitative estimate of drug-likeness (QED) is 0.539. The van der Waals surface area contributed by atoms with Crippen LogP contribution in [0.5, 0.6) is 0 Å². The lowest BCUT2D eigenvalue weighted by atomic mass is 10.0. The van der Waals surface area contributed by atoms with E-state index in [9.17, 15) is 4.79 Å². The van der Waals surface area contributed by atoms with Crippen LogP contribution in [0.1, 0.15) is 28.9 Å². The molecule has 0 saturated carbocycles. The van der Waals surface area contributed by atoms with Gasteiger partial charge in [0.15, 0.2) is 0 Å². The Morgan fingerprint density at radius 2 is 2.07 bits per heavy atom. The fraction of sp³-hybridized carbons (Fsp3) is 0.182. The number of para-hydroxylation sites is 1. The SMILES string of the molecule is Cc1cccc(-c2noc(C3Cc4nc[nH]c4CN3C(=O)Nc3ccccc3)n2)c1. The van der Waals surface area contributed by atoms with Gasteiger partial charge in [-0.2, -0.15) is 4.98 Å². The molecule has 1 aliphatic heterocycles. The summed E-state index contributed by atoms with van der Waals surface area (Å²) in [6.07, 6.45) is 2.14. The van der Waals surface area contributed by atoms with Gasteiger partial charge in [0.1, 0.15) is 6.04 Å². The molecule has 0 radical (unpaired) electrons. The van der Waals surface area contributed by atoms with Gasteiger partial charge in [0.05, 0.1) is 24.3 Å². The number of fused-ring (bicyclic) bond motifs is 1. The van der Waals surface area contributed by atoms with Crippen LogP contribution in [0.2, 0.25) is 0 Å². The van der Waals surface area contributed by atoms with Gasteiger partial charge in [0, 0.05) is 17.7 Å². The lowest BCUT2D eigenvalue weighted by Crippen LogP contribution is -2.41. The Balaban J connectivity index is 1.46. The maximum atomic E-state index is 13.1. The second-order valence-electron chi connectivity index (χ2n) is 7.30. The number of carbonyl (C=O) groups is 1. The zero-order valence-electron chi connectivity index (χ0n) is 16.4. The van der Waals surface area contributed by atoms with Gasteiger partial charge < -0.3 is 19.7 Å². The number of aryl methyl sites for hydroxylation is 1. The molecule has 2 aromatic carbocycles. The predicted octanol–water partition coefficient (Wildman–Crippen LogP) is 4.10. The van der Waals surface area contributed by atoms with Gasteiger partial charge in [-0.25, -0.2) is 9.78 Å². The van der Waals surface area contributed by atoms with E-state index in [0.29, 0.717) is 24.7 Å². The minimum atomic E-state index is -0.407. The van der Waals surface area contributed by atoms with Crippen LogP contribution in [0, 0.1) is 6.92 Å². The normalized spacial score (nSPS) is 15.6. The lowest BCUT2D eigenvalue weighted by Gasteiger charge is -2.32. The number of nitrogens with zero attached hydrogens (tertiary/aromatic N) is 4. The summed E-state index contributed by atoms with van der Waals surface area (Å²) in [7, 11) is 0. The van der Waals surface area contributed by atoms with Crippen LogP contribution in [0.4, 0.5) is 10.5 Å². The molecule has 2 aromatic heterocycles. The number of benzene rings is 2. The van der Waals surface area contributed by atoms with Crippen molar-refractivity contribution >= 4 is 11.7 Å². The summed E-state index contributed by atoms with van der Waals surface area (Å²) in [6, 6.07) is 16.6. The zero-order chi connectivity index (χ0) is 20.5. The van der Waals surface area contributed by atoms with Crippen molar-refractivity contribution < 1.29 is 9.32 Å². The molecule has 0 bridgehead atoms. The third-order valence-corrected chi connectivity index (χ3v) is 5.19. The smallest absolute Gasteiger partial charge is 0.322 e. The summed E-state index contributed by atoms with van der Waals surface area (Å²) >= 11 is 0. The van der Waals surface area contributed by atoms with Crippen molar-refractivity contribution in [1.29, 1.82) is 0 Å². The largest absolute Gasteiger partial charge is 0.347 e. The molecule has 3 heterocycles. The van der Waals surface area contributed by atoms with Crippen molar-refractivity contribution in [2.75, 3.05) is 5.32 Å². The van der Waals surface area contributed by atoms with Crippen molar-refractivity contribution in [3.63, 3.8) is 0 Å². The molecule has 0 fully saturated rings. The van der Waals surface area contributed by atoms with E-state index in [1.165, 1.54) is 0 Å². The Labute approximate surface area is 173 Å². The van der Waals surface area contributed by atoms with Gasteiger partial charge in [-0.05, 0) is 25.1 Å². The molecule has 30 heavy (non-hydrogen) atoms. The van der Waals surface area contributed by atoms with Crippen LogP contribution < -0.4 is 5.32 Å². The van der Waals surface area contributed by atoms with Crippen molar-refractivity contribution in [3.05, 3.63) is 83.8 Å². The third-order valence-electron chi connectivity index (χ3n) is 5.19. The van der Waals surface area contributed by atoms with Crippen molar-refractivity contribution in [2.45, 2.75) is 25.9 Å². The molecule has 8 heteroatoms. The molecule has 0 saturated heterocycles. The first kappa shape index (κ1) is 18.1. The number of amides is 2. The predicted molar refractivity (Wildman–Crippen MR) is 111 cm³/mol. The van der Waals surface area contributed by atoms with Crippen LogP contribution in [-0.2, 0) is 13.0 Å². The lowest BCUT2D eigenvalue weighted by molar-refractivity contribution is 0.155. The highest BCUT2D eigenvalue weighted by Crippen LogP contribution is 2.32. The van der Waals surface area contributed by atoms with Crippen molar-refractivity contribution in [1.82, 2.24) is 25.0 Å². The second-order valence-corrected chi connectivity index (χ2v) is 7.30. The molecule has 1 unspecified atom stereocenters. The van der Waals surface area contributed by atoms with E-state index in [4.69, 9.17) is 4.52 Å². The van der Waals surface area contributed by atoms with E-state index in [-0.39, 0.29) is 6.03 Å². The van der Waals surface area contributed by atoms with Gasteiger partial charge in [0.25, 0.3) is 0 Å². The van der Waals surface area contributed by atoms with E-state index in [2.05, 4.69) is 25.4 Å². The van der Waals surface area contributed by atoms with Crippen LogP contribution in [0.3, 0.4) is 0 Å². The van der Waals surface area contributed by atoms with Crippen LogP contribution >= 0.6 is 0 Å². The fourth-order valence-electron chi connectivity index (χ4n) is 3.66. The van der Waals surface area contributed by atoms with E-state index >= 15 is 0 Å². The second kappa shape index (κ2) is 7.47. The minimum absolute atomic E-state index is 0.234. The number of anilines is 1. The number of aromatic amines is 1. The van der Waals surface area contributed by atoms with E-state index in [1.807, 2.05) is 61.5 Å². The van der Waals surface area contributed by atoms with E-state index in [0.717, 1.165) is 28.2 Å². The molecular weight excluding hydrogens is 380 g/mol. The Morgan fingerprint density at radius 1 is 1.20 bits per heavy atom. The Morgan fingerprint density at radius 3 is 2.90 bits per heavy atom. The highest BCUT2D eigenvalue weighted by Gasteiger charge is 2.36. The maximum Gasteiger partial charge on any atom is 0.322 e. The summed E-state index contributed by atoms with van der Waals surface area (Å²) in [5.74, 6) is 0.897. The van der Waals surface area contributed by atoms with Gasteiger partial charge in [-0.3, -0.25) is 0 Å². The topological polar surface area (TPSA) is 99.9 Å². The van der Waals surface area contributed by atoms with Crippen molar-refractivity contribution in [2.24, 2.45) is 0 Å². The highest BCUT2D eigenvalue weighted by atomic mass is 16.5. The highest BCUT2D eigenvalue weighted by molar-refractivity contribution is 5.89. The van der Waals surface area contributed by atoms with Crippen LogP contribution in [0.25, 0.3) is 11.4 Å². The molecule has 150 valence electrons. The molecule has 2 amide bonds. The third kappa shape index (κ3) is 3.43. The van der Waals surface area contributed by atoms with Gasteiger partial charge in [0.2, 0.25) is 11.7 Å². The maximum absolute atomic E-state index is 13.1. The first-order chi connectivity index (χ1) is 14.7. The molecule has 1 atom stereocenters. The first-order valence-corrected chi connectivity index (χ1v) is 9.72. The average Bonchev–Trinajstić information content (AvgIpc) is 3.43. The average molecular weight is 400 g/mol. The summed E-state index contributed by atoms with van der Waals surface area (Å²) in [6.45, 7) is 2.39. The summed E-state index contributed by atoms with van der Waals surface area (Å²) in [5, 5.41) is 7.09. The standard InChI is InChI=1S/C22H20N6O2/c1-14-6-5-7-15(10-14)20-26-21(30-27-20)19-11-17-18(24-13-23-17)12-28(19)22(29)25-16-8-3-2-4-9-16/h2-10,13,19H,11-12H2,1H3,(H,23,24)(H,25,29). The molecule has 8 nitrogen and oxygen atoms in total. The molecule has 5 rings (SSSR count). The molecular formula is C22H20N6O2. The van der Waals surface area contributed by atoms with Gasteiger partial charge >= 0.3 is 6.03 Å². The van der Waals surface area contributed by atoms with Gasteiger partial charge in [-0.1, -0.05) is 47.1 Å². The molecule has 2 N–H and O–H groups in total. The molecule has 4 aromatic rings. The summed E-state index contributed by atoms with van der Waals surface area (Å²) in [4.78, 5) is 26.9. The number of urea groups is 1. The van der Waals surface area contributed by atoms with Gasteiger partial charge in [-0.15, -0.1) is 0 Å². The number of imidazole rings is 1. The molecule has 0 spiro atoms. The number of H-pyrrole nitrogens is 1. The monoisotopic (exact) mass is 400 g/mol. The summed E-state index contributed by atoms with van der Waals surface area (Å²) < 4.78 is 5.60. The Hall–Kier alpha value is -3.94. The van der Waals surface area contributed by atoms with Crippen LogP contribution in [0.15, 0.2) is 65.4 Å². The fourth-order valence-corrected chi connectivity index (χ4v) is 3.66. The minimum Gasteiger partial charge on any atom is -0.347 e. The number of rotatable bonds is 3. The first-order valence-electron chi connectivity index (χ1n) is 9.72. The molecule has 0 aliphatic carbocycles. The number of nitrogens with one attached hydrogen (secondary N) is 2. The molecule has 1 aliphatic rings. The number of aromatic nitrogens is 4.